The number of carbonyl (C=O) groups is 1. The lowest BCUT2D eigenvalue weighted by Crippen LogP contribution is -2.38. The zero-order chi connectivity index (χ0) is 24.2. The summed E-state index contributed by atoms with van der Waals surface area (Å²) in [5.74, 6) is -0.973. The van der Waals surface area contributed by atoms with Crippen LogP contribution in [0.1, 0.15) is 36.1 Å². The summed E-state index contributed by atoms with van der Waals surface area (Å²) in [5, 5.41) is 3.12. The van der Waals surface area contributed by atoms with E-state index in [2.05, 4.69) is 10.3 Å². The maximum absolute atomic E-state index is 14.6. The van der Waals surface area contributed by atoms with Crippen molar-refractivity contribution in [2.75, 3.05) is 11.9 Å². The van der Waals surface area contributed by atoms with Gasteiger partial charge in [-0.3, -0.25) is 9.78 Å². The highest BCUT2D eigenvalue weighted by atomic mass is 19.1. The van der Waals surface area contributed by atoms with Crippen LogP contribution in [-0.4, -0.2) is 22.3 Å². The van der Waals surface area contributed by atoms with Crippen molar-refractivity contribution in [3.05, 3.63) is 120 Å². The van der Waals surface area contributed by atoms with Gasteiger partial charge in [-0.1, -0.05) is 54.6 Å². The molecule has 1 saturated heterocycles. The molecule has 4 aromatic rings. The predicted molar refractivity (Wildman–Crippen MR) is 133 cm³/mol. The van der Waals surface area contributed by atoms with Gasteiger partial charge in [0.2, 0.25) is 5.91 Å². The van der Waals surface area contributed by atoms with Crippen LogP contribution in [-0.2, 0) is 4.79 Å². The number of carbonyl (C=O) groups excluding carboxylic acids is 1. The number of aromatic nitrogens is 1. The normalized spacial score (nSPS) is 16.2. The highest BCUT2D eigenvalue weighted by Gasteiger charge is 2.36. The van der Waals surface area contributed by atoms with E-state index in [1.165, 1.54) is 12.1 Å². The molecule has 0 spiro atoms. The molecule has 5 rings (SSSR count). The molecule has 176 valence electrons. The quantitative estimate of drug-likeness (QED) is 0.349. The molecule has 3 aromatic carbocycles. The lowest BCUT2D eigenvalue weighted by Gasteiger charge is -2.30. The van der Waals surface area contributed by atoms with Gasteiger partial charge in [0.05, 0.1) is 11.7 Å². The highest BCUT2D eigenvalue weighted by Crippen LogP contribution is 2.36. The first-order valence-electron chi connectivity index (χ1n) is 11.7. The number of nitrogens with one attached hydrogen (secondary N) is 1. The van der Waals surface area contributed by atoms with Gasteiger partial charge < -0.3 is 10.2 Å². The molecule has 4 nitrogen and oxygen atoms in total. The van der Waals surface area contributed by atoms with E-state index in [1.807, 2.05) is 36.4 Å². The smallest absolute Gasteiger partial charge is 0.250 e. The van der Waals surface area contributed by atoms with Crippen LogP contribution in [0.15, 0.2) is 97.3 Å². The third kappa shape index (κ3) is 4.78. The van der Waals surface area contributed by atoms with E-state index in [-0.39, 0.29) is 23.5 Å². The Morgan fingerprint density at radius 3 is 2.23 bits per heavy atom. The molecular formula is C29H25F2N3O. The molecule has 0 bridgehead atoms. The highest BCUT2D eigenvalue weighted by molar-refractivity contribution is 5.87. The number of para-hydroxylation sites is 1. The lowest BCUT2D eigenvalue weighted by atomic mass is 9.99. The second kappa shape index (κ2) is 10.1. The first-order valence-corrected chi connectivity index (χ1v) is 11.7. The van der Waals surface area contributed by atoms with Crippen LogP contribution in [0, 0.1) is 11.6 Å². The van der Waals surface area contributed by atoms with Crippen molar-refractivity contribution < 1.29 is 13.6 Å². The number of likely N-dealkylation sites (tertiary alicyclic amines) is 1. The molecule has 0 saturated carbocycles. The molecule has 1 aliphatic heterocycles. The monoisotopic (exact) mass is 469 g/mol. The van der Waals surface area contributed by atoms with Gasteiger partial charge in [-0.15, -0.1) is 0 Å². The van der Waals surface area contributed by atoms with Crippen LogP contribution in [0.25, 0.3) is 11.1 Å². The molecule has 1 fully saturated rings. The molecular weight excluding hydrogens is 444 g/mol. The molecule has 0 aliphatic carbocycles. The maximum Gasteiger partial charge on any atom is 0.250 e. The van der Waals surface area contributed by atoms with Crippen molar-refractivity contribution in [1.82, 2.24) is 9.88 Å². The van der Waals surface area contributed by atoms with Crippen molar-refractivity contribution >= 4 is 11.6 Å². The molecule has 1 N–H and O–H groups in total. The Morgan fingerprint density at radius 2 is 1.51 bits per heavy atom. The maximum atomic E-state index is 14.6. The Morgan fingerprint density at radius 1 is 0.857 bits per heavy atom. The Bertz CT molecular complexity index is 1310. The summed E-state index contributed by atoms with van der Waals surface area (Å²) in [4.78, 5) is 19.7. The van der Waals surface area contributed by atoms with E-state index < -0.39 is 11.9 Å². The number of halogens is 2. The SMILES string of the molecule is O=C(C(Nc1ccccc1F)c1ccc(-c2ccncc2)cc1)N1CCCC1c1ccccc1F. The number of hydrogen-bond donors (Lipinski definition) is 1. The Balaban J connectivity index is 1.49. The van der Waals surface area contributed by atoms with Gasteiger partial charge >= 0.3 is 0 Å². The Labute approximate surface area is 203 Å². The van der Waals surface area contributed by atoms with Gasteiger partial charge in [0.1, 0.15) is 17.7 Å². The van der Waals surface area contributed by atoms with E-state index in [0.29, 0.717) is 24.1 Å². The summed E-state index contributed by atoms with van der Waals surface area (Å²) in [6, 6.07) is 23.1. The fourth-order valence-electron chi connectivity index (χ4n) is 4.70. The first-order chi connectivity index (χ1) is 17.1. The number of benzene rings is 3. The van der Waals surface area contributed by atoms with E-state index in [4.69, 9.17) is 0 Å². The first kappa shape index (κ1) is 22.7. The Hall–Kier alpha value is -4.06. The van der Waals surface area contributed by atoms with Crippen molar-refractivity contribution in [1.29, 1.82) is 0 Å². The van der Waals surface area contributed by atoms with Crippen molar-refractivity contribution in [2.45, 2.75) is 24.9 Å². The zero-order valence-electron chi connectivity index (χ0n) is 19.1. The lowest BCUT2D eigenvalue weighted by molar-refractivity contribution is -0.133. The third-order valence-corrected chi connectivity index (χ3v) is 6.48. The number of anilines is 1. The molecule has 35 heavy (non-hydrogen) atoms. The van der Waals surface area contributed by atoms with Gasteiger partial charge in [0.25, 0.3) is 0 Å². The van der Waals surface area contributed by atoms with Gasteiger partial charge in [-0.2, -0.15) is 0 Å². The van der Waals surface area contributed by atoms with Crippen LogP contribution >= 0.6 is 0 Å². The molecule has 0 radical (unpaired) electrons. The number of rotatable bonds is 6. The van der Waals surface area contributed by atoms with Crippen LogP contribution in [0.2, 0.25) is 0 Å². The minimum atomic E-state index is -0.828. The summed E-state index contributed by atoms with van der Waals surface area (Å²) in [6.07, 6.45) is 4.91. The van der Waals surface area contributed by atoms with E-state index in [1.54, 1.807) is 53.7 Å². The summed E-state index contributed by atoms with van der Waals surface area (Å²) < 4.78 is 29.1. The summed E-state index contributed by atoms with van der Waals surface area (Å²) in [5.41, 5.74) is 3.45. The van der Waals surface area contributed by atoms with Crippen LogP contribution in [0.5, 0.6) is 0 Å². The Kier molecular flexibility index (Phi) is 6.53. The number of nitrogens with zero attached hydrogens (tertiary/aromatic N) is 2. The minimum Gasteiger partial charge on any atom is -0.368 e. The van der Waals surface area contributed by atoms with Crippen molar-refractivity contribution in [2.24, 2.45) is 0 Å². The number of hydrogen-bond acceptors (Lipinski definition) is 3. The van der Waals surface area contributed by atoms with Gasteiger partial charge in [-0.25, -0.2) is 8.78 Å². The molecule has 1 aromatic heterocycles. The molecule has 1 amide bonds. The molecule has 2 atom stereocenters. The fraction of sp³-hybridized carbons (Fsp3) is 0.172. The summed E-state index contributed by atoms with van der Waals surface area (Å²) >= 11 is 0. The zero-order valence-corrected chi connectivity index (χ0v) is 19.1. The summed E-state index contributed by atoms with van der Waals surface area (Å²) in [6.45, 7) is 0.516. The average Bonchev–Trinajstić information content (AvgIpc) is 3.39. The molecule has 6 heteroatoms. The summed E-state index contributed by atoms with van der Waals surface area (Å²) in [7, 11) is 0. The van der Waals surface area contributed by atoms with Gasteiger partial charge in [0, 0.05) is 24.5 Å². The van der Waals surface area contributed by atoms with Gasteiger partial charge in [-0.05, 0) is 59.9 Å². The van der Waals surface area contributed by atoms with E-state index in [0.717, 1.165) is 17.5 Å². The van der Waals surface area contributed by atoms with Gasteiger partial charge in [0.15, 0.2) is 0 Å². The van der Waals surface area contributed by atoms with E-state index in [9.17, 15) is 13.6 Å². The number of pyridine rings is 1. The second-order valence-corrected chi connectivity index (χ2v) is 8.63. The van der Waals surface area contributed by atoms with Crippen molar-refractivity contribution in [3.63, 3.8) is 0 Å². The van der Waals surface area contributed by atoms with Crippen LogP contribution in [0.3, 0.4) is 0 Å². The van der Waals surface area contributed by atoms with E-state index >= 15 is 0 Å². The molecule has 1 aliphatic rings. The molecule has 2 heterocycles. The fourth-order valence-corrected chi connectivity index (χ4v) is 4.70. The third-order valence-electron chi connectivity index (χ3n) is 6.48. The van der Waals surface area contributed by atoms with Crippen LogP contribution in [0.4, 0.5) is 14.5 Å². The standard InChI is InChI=1S/C29H25F2N3O/c30-24-7-2-1-6-23(24)27-10-5-19-34(27)29(35)28(33-26-9-4-3-8-25(26)31)22-13-11-20(12-14-22)21-15-17-32-18-16-21/h1-4,6-9,11-18,27-28,33H,5,10,19H2. The topological polar surface area (TPSA) is 45.2 Å². The minimum absolute atomic E-state index is 0.212. The van der Waals surface area contributed by atoms with Crippen molar-refractivity contribution in [3.8, 4) is 11.1 Å². The average molecular weight is 470 g/mol. The predicted octanol–water partition coefficient (Wildman–Crippen LogP) is 6.54. The molecule has 2 unspecified atom stereocenters. The van der Waals surface area contributed by atoms with Crippen LogP contribution < -0.4 is 5.32 Å². The second-order valence-electron chi connectivity index (χ2n) is 8.63. The number of amides is 1. The largest absolute Gasteiger partial charge is 0.368 e.